The zero-order chi connectivity index (χ0) is 10.7. The van der Waals surface area contributed by atoms with Gasteiger partial charge in [-0.05, 0) is 0 Å². The van der Waals surface area contributed by atoms with E-state index in [-0.39, 0.29) is 22.1 Å². The summed E-state index contributed by atoms with van der Waals surface area (Å²) in [4.78, 5) is 0. The molecule has 0 saturated carbocycles. The number of methoxy groups -OCH3 is 2. The van der Waals surface area contributed by atoms with Crippen LogP contribution in [0.2, 0.25) is 5.02 Å². The van der Waals surface area contributed by atoms with Crippen LogP contribution in [-0.2, 0) is 6.61 Å². The zero-order valence-corrected chi connectivity index (χ0v) is 8.56. The van der Waals surface area contributed by atoms with Crippen molar-refractivity contribution >= 4 is 11.6 Å². The van der Waals surface area contributed by atoms with E-state index >= 15 is 0 Å². The highest BCUT2D eigenvalue weighted by Gasteiger charge is 2.17. The van der Waals surface area contributed by atoms with Crippen molar-refractivity contribution in [3.63, 3.8) is 0 Å². The second-order valence-corrected chi connectivity index (χ2v) is 2.92. The van der Waals surface area contributed by atoms with Crippen LogP contribution in [0.3, 0.4) is 0 Å². The van der Waals surface area contributed by atoms with Crippen LogP contribution in [0.15, 0.2) is 6.07 Å². The summed E-state index contributed by atoms with van der Waals surface area (Å²) >= 11 is 5.64. The number of ether oxygens (including phenoxy) is 2. The van der Waals surface area contributed by atoms with E-state index in [1.165, 1.54) is 20.3 Å². The molecule has 1 aromatic rings. The Bertz CT molecular complexity index is 341. The Hall–Kier alpha value is -1.00. The number of aliphatic hydroxyl groups excluding tert-OH is 1. The molecular formula is C9H10ClFO3. The lowest BCUT2D eigenvalue weighted by Gasteiger charge is -2.11. The molecule has 0 atom stereocenters. The largest absolute Gasteiger partial charge is 0.496 e. The summed E-state index contributed by atoms with van der Waals surface area (Å²) in [5.74, 6) is -0.324. The van der Waals surface area contributed by atoms with E-state index < -0.39 is 12.4 Å². The van der Waals surface area contributed by atoms with Gasteiger partial charge >= 0.3 is 0 Å². The van der Waals surface area contributed by atoms with Gasteiger partial charge in [-0.2, -0.15) is 0 Å². The van der Waals surface area contributed by atoms with E-state index in [4.69, 9.17) is 26.2 Å². The molecular weight excluding hydrogens is 211 g/mol. The van der Waals surface area contributed by atoms with Crippen LogP contribution in [0, 0.1) is 5.82 Å². The number of rotatable bonds is 3. The van der Waals surface area contributed by atoms with Crippen LogP contribution < -0.4 is 9.47 Å². The van der Waals surface area contributed by atoms with Crippen molar-refractivity contribution in [1.82, 2.24) is 0 Å². The second-order valence-electron chi connectivity index (χ2n) is 2.55. The van der Waals surface area contributed by atoms with Gasteiger partial charge in [-0.1, -0.05) is 11.6 Å². The van der Waals surface area contributed by atoms with Crippen LogP contribution >= 0.6 is 11.6 Å². The molecule has 0 amide bonds. The second kappa shape index (κ2) is 4.48. The Labute approximate surface area is 86.0 Å². The molecule has 1 aromatic carbocycles. The van der Waals surface area contributed by atoms with Crippen molar-refractivity contribution in [2.24, 2.45) is 0 Å². The van der Waals surface area contributed by atoms with Crippen LogP contribution in [0.25, 0.3) is 0 Å². The van der Waals surface area contributed by atoms with E-state index in [0.29, 0.717) is 0 Å². The van der Waals surface area contributed by atoms with Gasteiger partial charge in [0.2, 0.25) is 0 Å². The fourth-order valence-electron chi connectivity index (χ4n) is 1.10. The predicted molar refractivity (Wildman–Crippen MR) is 50.4 cm³/mol. The van der Waals surface area contributed by atoms with E-state index in [1.54, 1.807) is 0 Å². The molecule has 78 valence electrons. The molecule has 0 saturated heterocycles. The van der Waals surface area contributed by atoms with Gasteiger partial charge in [0.05, 0.1) is 26.4 Å². The van der Waals surface area contributed by atoms with Crippen LogP contribution in [0.5, 0.6) is 11.5 Å². The lowest BCUT2D eigenvalue weighted by atomic mass is 10.2. The Morgan fingerprint density at radius 1 is 1.36 bits per heavy atom. The highest BCUT2D eigenvalue weighted by molar-refractivity contribution is 6.32. The van der Waals surface area contributed by atoms with Crippen LogP contribution in [0.4, 0.5) is 4.39 Å². The fraction of sp³-hybridized carbons (Fsp3) is 0.333. The maximum Gasteiger partial charge on any atom is 0.154 e. The number of halogens is 2. The molecule has 0 unspecified atom stereocenters. The fourth-order valence-corrected chi connectivity index (χ4v) is 1.34. The van der Waals surface area contributed by atoms with Gasteiger partial charge in [0.25, 0.3) is 0 Å². The maximum atomic E-state index is 13.4. The molecule has 0 aromatic heterocycles. The Balaban J connectivity index is 3.38. The molecule has 1 rings (SSSR count). The third-order valence-corrected chi connectivity index (χ3v) is 2.18. The van der Waals surface area contributed by atoms with Gasteiger partial charge in [-0.3, -0.25) is 0 Å². The molecule has 1 N–H and O–H groups in total. The van der Waals surface area contributed by atoms with Gasteiger partial charge in [0.1, 0.15) is 16.5 Å². The van der Waals surface area contributed by atoms with Gasteiger partial charge < -0.3 is 14.6 Å². The maximum absolute atomic E-state index is 13.4. The molecule has 0 aliphatic carbocycles. The topological polar surface area (TPSA) is 38.7 Å². The quantitative estimate of drug-likeness (QED) is 0.847. The Morgan fingerprint density at radius 2 is 1.93 bits per heavy atom. The third kappa shape index (κ3) is 1.76. The minimum atomic E-state index is -0.717. The van der Waals surface area contributed by atoms with Crippen LogP contribution in [0.1, 0.15) is 5.56 Å². The Morgan fingerprint density at radius 3 is 2.36 bits per heavy atom. The van der Waals surface area contributed by atoms with Gasteiger partial charge in [0, 0.05) is 6.07 Å². The van der Waals surface area contributed by atoms with E-state index in [2.05, 4.69) is 0 Å². The molecule has 3 nitrogen and oxygen atoms in total. The van der Waals surface area contributed by atoms with Crippen molar-refractivity contribution in [1.29, 1.82) is 0 Å². The van der Waals surface area contributed by atoms with Gasteiger partial charge in [-0.15, -0.1) is 0 Å². The highest BCUT2D eigenvalue weighted by atomic mass is 35.5. The molecule has 0 fully saturated rings. The van der Waals surface area contributed by atoms with Crippen molar-refractivity contribution in [3.8, 4) is 11.5 Å². The van der Waals surface area contributed by atoms with Gasteiger partial charge in [0.15, 0.2) is 5.82 Å². The standard InChI is InChI=1S/C9H10ClFO3/c1-13-6-3-7(14-2)8(10)9(11)5(6)4-12/h3,12H,4H2,1-2H3. The lowest BCUT2D eigenvalue weighted by Crippen LogP contribution is -1.99. The number of hydrogen-bond acceptors (Lipinski definition) is 3. The van der Waals surface area contributed by atoms with Crippen molar-refractivity contribution in [2.75, 3.05) is 14.2 Å². The van der Waals surface area contributed by atoms with Crippen molar-refractivity contribution < 1.29 is 19.0 Å². The smallest absolute Gasteiger partial charge is 0.154 e. The zero-order valence-electron chi connectivity index (χ0n) is 7.80. The number of hydrogen-bond donors (Lipinski definition) is 1. The summed E-state index contributed by atoms with van der Waals surface area (Å²) in [6.07, 6.45) is 0. The number of aliphatic hydroxyl groups is 1. The summed E-state index contributed by atoms with van der Waals surface area (Å²) in [5.41, 5.74) is 0.0262. The average Bonchev–Trinajstić information content (AvgIpc) is 2.21. The molecule has 0 spiro atoms. The highest BCUT2D eigenvalue weighted by Crippen LogP contribution is 2.35. The van der Waals surface area contributed by atoms with Crippen molar-refractivity contribution in [3.05, 3.63) is 22.5 Å². The lowest BCUT2D eigenvalue weighted by molar-refractivity contribution is 0.266. The Kier molecular flexibility index (Phi) is 3.55. The first kappa shape index (κ1) is 11.1. The molecule has 0 aliphatic heterocycles. The van der Waals surface area contributed by atoms with Crippen LogP contribution in [-0.4, -0.2) is 19.3 Å². The molecule has 0 radical (unpaired) electrons. The van der Waals surface area contributed by atoms with Gasteiger partial charge in [-0.25, -0.2) is 4.39 Å². The average molecular weight is 221 g/mol. The van der Waals surface area contributed by atoms with E-state index in [1.807, 2.05) is 0 Å². The summed E-state index contributed by atoms with van der Waals surface area (Å²) in [6, 6.07) is 1.43. The summed E-state index contributed by atoms with van der Waals surface area (Å²) in [6.45, 7) is -0.473. The van der Waals surface area contributed by atoms with Crippen molar-refractivity contribution in [2.45, 2.75) is 6.61 Å². The number of benzene rings is 1. The first-order valence-corrected chi connectivity index (χ1v) is 4.23. The van der Waals surface area contributed by atoms with E-state index in [0.717, 1.165) is 0 Å². The first-order chi connectivity index (χ1) is 6.65. The molecule has 0 aliphatic rings. The molecule has 5 heteroatoms. The molecule has 0 bridgehead atoms. The summed E-state index contributed by atoms with van der Waals surface area (Å²) in [7, 11) is 2.75. The van der Waals surface area contributed by atoms with E-state index in [9.17, 15) is 4.39 Å². The summed E-state index contributed by atoms with van der Waals surface area (Å²) < 4.78 is 23.2. The SMILES string of the molecule is COc1cc(OC)c(CO)c(F)c1Cl. The summed E-state index contributed by atoms with van der Waals surface area (Å²) in [5, 5.41) is 8.74. The first-order valence-electron chi connectivity index (χ1n) is 3.85. The molecule has 0 heterocycles. The molecule has 14 heavy (non-hydrogen) atoms. The minimum Gasteiger partial charge on any atom is -0.496 e. The monoisotopic (exact) mass is 220 g/mol. The predicted octanol–water partition coefficient (Wildman–Crippen LogP) is 1.99. The third-order valence-electron chi connectivity index (χ3n) is 1.83. The normalized spacial score (nSPS) is 10.1. The minimum absolute atomic E-state index is 0.0262.